The highest BCUT2D eigenvalue weighted by atomic mass is 16.4. The molecule has 0 saturated carbocycles. The Bertz CT molecular complexity index is 1700. The average Bonchev–Trinajstić information content (AvgIpc) is 3.76. The third-order valence-electron chi connectivity index (χ3n) is 9.93. The summed E-state index contributed by atoms with van der Waals surface area (Å²) >= 11 is 0. The number of nitrogens with zero attached hydrogens (tertiary/aromatic N) is 7. The fourth-order valence-electron chi connectivity index (χ4n) is 7.24. The molecule has 6 heterocycles. The molecule has 10 heteroatoms. The van der Waals surface area contributed by atoms with Gasteiger partial charge < -0.3 is 19.8 Å². The van der Waals surface area contributed by atoms with E-state index in [2.05, 4.69) is 68.2 Å². The van der Waals surface area contributed by atoms with Gasteiger partial charge in [0.1, 0.15) is 5.82 Å². The molecular formula is C33H37N7O3. The lowest BCUT2D eigenvalue weighted by Gasteiger charge is -2.39. The molecule has 1 N–H and O–H groups in total. The van der Waals surface area contributed by atoms with Crippen molar-refractivity contribution >= 4 is 29.0 Å². The van der Waals surface area contributed by atoms with Gasteiger partial charge in [0.15, 0.2) is 11.3 Å². The third-order valence-corrected chi connectivity index (χ3v) is 9.93. The summed E-state index contributed by atoms with van der Waals surface area (Å²) in [6.07, 6.45) is 5.87. The van der Waals surface area contributed by atoms with Crippen LogP contribution in [0.3, 0.4) is 0 Å². The Morgan fingerprint density at radius 1 is 0.860 bits per heavy atom. The summed E-state index contributed by atoms with van der Waals surface area (Å²) in [5.74, 6) is -0.188. The van der Waals surface area contributed by atoms with Gasteiger partial charge in [-0.1, -0.05) is 43.3 Å². The van der Waals surface area contributed by atoms with Crippen LogP contribution in [0, 0.1) is 12.3 Å². The zero-order valence-corrected chi connectivity index (χ0v) is 24.7. The largest absolute Gasteiger partial charge is 0.477 e. The maximum Gasteiger partial charge on any atom is 0.354 e. The van der Waals surface area contributed by atoms with Gasteiger partial charge in [0.25, 0.3) is 5.91 Å². The summed E-state index contributed by atoms with van der Waals surface area (Å²) in [7, 11) is 0. The molecule has 4 aromatic rings. The van der Waals surface area contributed by atoms with E-state index in [-0.39, 0.29) is 28.3 Å². The SMILES string of the molecule is Cc1cc(N2CC[C@](C)(c3ccccc3)C2)cn2nc(C(=O)N3CCC4(CC3)CCN(c3cccc(C(=O)O)n3)C4)nc12. The van der Waals surface area contributed by atoms with Gasteiger partial charge in [-0.3, -0.25) is 4.79 Å². The van der Waals surface area contributed by atoms with Gasteiger partial charge in [0, 0.05) is 44.7 Å². The van der Waals surface area contributed by atoms with Crippen LogP contribution in [-0.2, 0) is 5.41 Å². The van der Waals surface area contributed by atoms with E-state index in [9.17, 15) is 14.7 Å². The highest BCUT2D eigenvalue weighted by molar-refractivity contribution is 5.91. The van der Waals surface area contributed by atoms with Crippen molar-refractivity contribution in [1.29, 1.82) is 0 Å². The first kappa shape index (κ1) is 27.4. The van der Waals surface area contributed by atoms with Crippen LogP contribution in [0.1, 0.15) is 64.8 Å². The first-order valence-corrected chi connectivity index (χ1v) is 15.1. The molecule has 0 aliphatic carbocycles. The van der Waals surface area contributed by atoms with E-state index in [4.69, 9.17) is 0 Å². The van der Waals surface area contributed by atoms with Crippen molar-refractivity contribution in [3.8, 4) is 0 Å². The first-order chi connectivity index (χ1) is 20.7. The molecule has 3 aromatic heterocycles. The van der Waals surface area contributed by atoms with Crippen molar-refractivity contribution in [2.45, 2.75) is 44.9 Å². The molecule has 43 heavy (non-hydrogen) atoms. The first-order valence-electron chi connectivity index (χ1n) is 15.1. The van der Waals surface area contributed by atoms with Crippen molar-refractivity contribution < 1.29 is 14.7 Å². The minimum absolute atomic E-state index is 0.0623. The van der Waals surface area contributed by atoms with Gasteiger partial charge in [-0.15, -0.1) is 5.10 Å². The number of hydrogen-bond acceptors (Lipinski definition) is 7. The molecule has 0 radical (unpaired) electrons. The molecule has 3 aliphatic rings. The predicted molar refractivity (Wildman–Crippen MR) is 164 cm³/mol. The number of piperidine rings is 1. The average molecular weight is 580 g/mol. The van der Waals surface area contributed by atoms with Crippen molar-refractivity contribution in [1.82, 2.24) is 24.5 Å². The van der Waals surface area contributed by atoms with E-state index >= 15 is 0 Å². The highest BCUT2D eigenvalue weighted by Gasteiger charge is 2.42. The Balaban J connectivity index is 1.02. The fraction of sp³-hybridized carbons (Fsp3) is 0.424. The number of pyridine rings is 2. The number of aryl methyl sites for hydroxylation is 1. The maximum atomic E-state index is 13.6. The molecule has 3 aliphatic heterocycles. The molecule has 3 fully saturated rings. The zero-order valence-electron chi connectivity index (χ0n) is 24.7. The Morgan fingerprint density at radius 3 is 2.37 bits per heavy atom. The number of carboxylic acid groups (broad SMARTS) is 1. The van der Waals surface area contributed by atoms with E-state index in [1.54, 1.807) is 10.6 Å². The Labute approximate surface area is 251 Å². The number of carboxylic acids is 1. The highest BCUT2D eigenvalue weighted by Crippen LogP contribution is 2.42. The number of benzene rings is 1. The van der Waals surface area contributed by atoms with E-state index in [0.717, 1.165) is 63.1 Å². The lowest BCUT2D eigenvalue weighted by atomic mass is 9.78. The van der Waals surface area contributed by atoms with E-state index < -0.39 is 5.97 Å². The number of likely N-dealkylation sites (tertiary alicyclic amines) is 1. The number of aromatic nitrogens is 4. The van der Waals surface area contributed by atoms with Gasteiger partial charge in [-0.25, -0.2) is 19.3 Å². The van der Waals surface area contributed by atoms with Gasteiger partial charge in [0.05, 0.1) is 11.9 Å². The molecule has 0 bridgehead atoms. The smallest absolute Gasteiger partial charge is 0.354 e. The van der Waals surface area contributed by atoms with Crippen LogP contribution in [0.5, 0.6) is 0 Å². The topological polar surface area (TPSA) is 107 Å². The minimum Gasteiger partial charge on any atom is -0.477 e. The second kappa shape index (κ2) is 10.4. The number of aromatic carboxylic acids is 1. The van der Waals surface area contributed by atoms with Crippen molar-refractivity contribution in [3.63, 3.8) is 0 Å². The number of amides is 1. The predicted octanol–water partition coefficient (Wildman–Crippen LogP) is 4.43. The lowest BCUT2D eigenvalue weighted by Crippen LogP contribution is -2.44. The molecule has 7 rings (SSSR count). The van der Waals surface area contributed by atoms with Gasteiger partial charge in [-0.2, -0.15) is 0 Å². The summed E-state index contributed by atoms with van der Waals surface area (Å²) in [6, 6.07) is 18.0. The van der Waals surface area contributed by atoms with Gasteiger partial charge in [0.2, 0.25) is 5.82 Å². The molecule has 1 amide bonds. The van der Waals surface area contributed by atoms with Crippen LogP contribution in [0.4, 0.5) is 11.5 Å². The number of carbonyl (C=O) groups is 2. The lowest BCUT2D eigenvalue weighted by molar-refractivity contribution is 0.0598. The Hall–Kier alpha value is -4.47. The zero-order chi connectivity index (χ0) is 29.8. The van der Waals surface area contributed by atoms with E-state index in [1.165, 1.54) is 11.6 Å². The Kier molecular flexibility index (Phi) is 6.59. The molecule has 0 unspecified atom stereocenters. The summed E-state index contributed by atoms with van der Waals surface area (Å²) in [4.78, 5) is 40.4. The van der Waals surface area contributed by atoms with Crippen molar-refractivity contribution in [2.24, 2.45) is 5.41 Å². The minimum atomic E-state index is -1.02. The third kappa shape index (κ3) is 4.98. The summed E-state index contributed by atoms with van der Waals surface area (Å²) in [5.41, 5.74) is 4.43. The van der Waals surface area contributed by atoms with Crippen LogP contribution in [0.25, 0.3) is 5.65 Å². The summed E-state index contributed by atoms with van der Waals surface area (Å²) in [5, 5.41) is 14.0. The quantitative estimate of drug-likeness (QED) is 0.370. The number of hydrogen-bond donors (Lipinski definition) is 1. The summed E-state index contributed by atoms with van der Waals surface area (Å²) in [6.45, 7) is 9.22. The van der Waals surface area contributed by atoms with E-state index in [1.807, 2.05) is 24.1 Å². The molecule has 10 nitrogen and oxygen atoms in total. The molecule has 1 atom stereocenters. The standard InChI is InChI=1S/C33H37N7O3/c1-23-19-25(38-15-11-32(2,21-38)24-7-4-3-5-8-24)20-40-29(23)35-28(36-40)30(41)37-16-12-33(13-17-37)14-18-39(22-33)27-10-6-9-26(34-27)31(42)43/h3-10,19-20H,11-18,21-22H2,1-2H3,(H,42,43)/t32-/m0/s1. The maximum absolute atomic E-state index is 13.6. The van der Waals surface area contributed by atoms with Crippen LogP contribution < -0.4 is 9.80 Å². The van der Waals surface area contributed by atoms with Gasteiger partial charge >= 0.3 is 5.97 Å². The second-order valence-electron chi connectivity index (χ2n) is 12.8. The Morgan fingerprint density at radius 2 is 1.60 bits per heavy atom. The normalized spacial score (nSPS) is 21.7. The molecule has 1 spiro atoms. The van der Waals surface area contributed by atoms with E-state index in [0.29, 0.717) is 24.6 Å². The number of carbonyl (C=O) groups excluding carboxylic acids is 1. The molecular weight excluding hydrogens is 542 g/mol. The summed E-state index contributed by atoms with van der Waals surface area (Å²) < 4.78 is 1.77. The molecule has 1 aromatic carbocycles. The van der Waals surface area contributed by atoms with Gasteiger partial charge in [-0.05, 0) is 67.3 Å². The van der Waals surface area contributed by atoms with Crippen LogP contribution in [0.15, 0.2) is 60.8 Å². The number of fused-ring (bicyclic) bond motifs is 1. The fourth-order valence-corrected chi connectivity index (χ4v) is 7.24. The number of anilines is 2. The van der Waals surface area contributed by atoms with Crippen LogP contribution in [0.2, 0.25) is 0 Å². The van der Waals surface area contributed by atoms with Crippen molar-refractivity contribution in [2.75, 3.05) is 49.1 Å². The van der Waals surface area contributed by atoms with Crippen molar-refractivity contribution in [3.05, 3.63) is 83.4 Å². The second-order valence-corrected chi connectivity index (χ2v) is 12.8. The molecule has 222 valence electrons. The molecule has 3 saturated heterocycles. The van der Waals surface area contributed by atoms with Crippen LogP contribution >= 0.6 is 0 Å². The monoisotopic (exact) mass is 579 g/mol. The van der Waals surface area contributed by atoms with Crippen LogP contribution in [-0.4, -0.2) is 80.7 Å². The number of rotatable bonds is 5.